The fraction of sp³-hybridized carbons (Fsp3) is 0.365. The quantitative estimate of drug-likeness (QED) is 0.0541. The van der Waals surface area contributed by atoms with Crippen molar-refractivity contribution in [2.75, 3.05) is 97.6 Å². The van der Waals surface area contributed by atoms with Gasteiger partial charge < -0.3 is 70.8 Å². The van der Waals surface area contributed by atoms with Crippen molar-refractivity contribution in [2.24, 2.45) is 0 Å². The van der Waals surface area contributed by atoms with E-state index in [1.54, 1.807) is 77.7 Å². The van der Waals surface area contributed by atoms with Crippen molar-refractivity contribution < 1.29 is 38.2 Å². The molecular weight excluding hydrogens is 1930 g/mol. The molecule has 8 aliphatic heterocycles. The van der Waals surface area contributed by atoms with Gasteiger partial charge in [0.2, 0.25) is 0 Å². The Balaban J connectivity index is 0.000000117. The maximum atomic E-state index is 12.6. The standard InChI is InChI=1S/C18H21ClN4O2.C18H19ClN4O2.C18H21ClN4O.C18H19ClN4O.C16H19ClN4O.C16H17ClN4O/c2*19-13-2-1-3-14(10-13)20-18(24)23-7-4-16-15(11-23)17(22-21-16)12-5-8-25-9-6-12;2*19-13-6-3-7-14(10-13)20-18(24)23-9-8-16-15(11-23)17(22-21-16)12-4-1-2-5-12;2*1-10(2)15-13-9-21(7-6-14(13)19-20-15)16(22)18-12-5-3-4-11(17)8-12/h1-3,10,12H,4-9,11H2,(H,20,24)(H,21,22);1-3,5,10H,4,6-9,11H2,(H,20,24)(H,21,22);3,6-7,10,12H,1-2,4-5,8-9,11H2,(H,20,24)(H,21,22);3-4,6-7,10H,1-2,5,8-9,11H2,(H,20,24)(H,21,22);3-5,8,10H,6-7,9H2,1-2H3,(H,18,22)(H,19,20);3-5,8H,1,6-7,9H2,2H3,(H,18,22)(H,19,20). The van der Waals surface area contributed by atoms with E-state index in [1.807, 2.05) is 104 Å². The molecule has 12 amide bonds. The Labute approximate surface area is 853 Å². The summed E-state index contributed by atoms with van der Waals surface area (Å²) in [6.45, 7) is 20.5. The second kappa shape index (κ2) is 47.3. The highest BCUT2D eigenvalue weighted by Crippen LogP contribution is 2.40. The molecule has 0 bridgehead atoms. The second-order valence-electron chi connectivity index (χ2n) is 36.9. The molecular formula is C104H116Cl6N24O8. The Morgan fingerprint density at radius 1 is 0.352 bits per heavy atom. The summed E-state index contributed by atoms with van der Waals surface area (Å²) in [5.74, 6) is 1.32. The summed E-state index contributed by atoms with van der Waals surface area (Å²) >= 11 is 35.8. The molecule has 38 heteroatoms. The fourth-order valence-corrected chi connectivity index (χ4v) is 20.5. The van der Waals surface area contributed by atoms with Crippen LogP contribution in [0.2, 0.25) is 30.1 Å². The van der Waals surface area contributed by atoms with Gasteiger partial charge >= 0.3 is 36.2 Å². The van der Waals surface area contributed by atoms with E-state index in [2.05, 4.69) is 126 Å². The number of nitrogens with one attached hydrogen (secondary N) is 12. The van der Waals surface area contributed by atoms with Gasteiger partial charge in [-0.25, -0.2) is 28.8 Å². The minimum Gasteiger partial charge on any atom is -0.381 e. The van der Waals surface area contributed by atoms with Crippen molar-refractivity contribution in [3.63, 3.8) is 0 Å². The average Bonchev–Trinajstić information content (AvgIpc) is 1.67. The van der Waals surface area contributed by atoms with Crippen LogP contribution in [0.5, 0.6) is 0 Å². The van der Waals surface area contributed by atoms with Crippen LogP contribution in [0.25, 0.3) is 16.7 Å². The number of fused-ring (bicyclic) bond motifs is 6. The Kier molecular flexibility index (Phi) is 33.5. The van der Waals surface area contributed by atoms with Crippen molar-refractivity contribution in [3.05, 3.63) is 296 Å². The van der Waals surface area contributed by atoms with E-state index < -0.39 is 0 Å². The monoisotopic (exact) mass is 2040 g/mol. The Bertz CT molecular complexity index is 6600. The molecule has 0 atom stereocenters. The molecule has 0 radical (unpaired) electrons. The number of H-pyrrole nitrogens is 6. The van der Waals surface area contributed by atoms with Gasteiger partial charge in [-0.1, -0.05) is 151 Å². The summed E-state index contributed by atoms with van der Waals surface area (Å²) in [6, 6.07) is 42.5. The van der Waals surface area contributed by atoms with Crippen LogP contribution in [0.15, 0.2) is 164 Å². The Morgan fingerprint density at radius 3 is 1.00 bits per heavy atom. The highest BCUT2D eigenvalue weighted by Gasteiger charge is 2.36. The number of urea groups is 6. The number of amides is 12. The zero-order valence-electron chi connectivity index (χ0n) is 79.5. The number of nitrogens with zero attached hydrogens (tertiary/aromatic N) is 12. The number of aromatic amines is 6. The van der Waals surface area contributed by atoms with Crippen LogP contribution < -0.4 is 31.9 Å². The van der Waals surface area contributed by atoms with E-state index in [0.717, 1.165) is 174 Å². The van der Waals surface area contributed by atoms with Crippen LogP contribution in [-0.2, 0) is 87.3 Å². The molecule has 1 saturated carbocycles. The van der Waals surface area contributed by atoms with Gasteiger partial charge in [-0.2, -0.15) is 30.6 Å². The average molecular weight is 2040 g/mol. The molecule has 12 N–H and O–H groups in total. The molecule has 742 valence electrons. The first-order chi connectivity index (χ1) is 68.9. The normalized spacial score (nSPS) is 16.3. The van der Waals surface area contributed by atoms with Gasteiger partial charge in [0, 0.05) is 235 Å². The first-order valence-electron chi connectivity index (χ1n) is 48.4. The number of ether oxygens (including phenoxy) is 2. The minimum atomic E-state index is -0.137. The number of rotatable bonds is 12. The van der Waals surface area contributed by atoms with Gasteiger partial charge in [0.15, 0.2) is 0 Å². The fourth-order valence-electron chi connectivity index (χ4n) is 19.3. The zero-order chi connectivity index (χ0) is 98.9. The van der Waals surface area contributed by atoms with Crippen molar-refractivity contribution in [1.29, 1.82) is 0 Å². The minimum absolute atomic E-state index is 0.0820. The summed E-state index contributed by atoms with van der Waals surface area (Å²) in [4.78, 5) is 86.1. The van der Waals surface area contributed by atoms with Gasteiger partial charge in [0.05, 0.1) is 86.6 Å². The molecule has 6 aromatic heterocycles. The van der Waals surface area contributed by atoms with Gasteiger partial charge in [0.1, 0.15) is 0 Å². The number of hydrogen-bond donors (Lipinski definition) is 12. The lowest BCUT2D eigenvalue weighted by Gasteiger charge is -2.29. The van der Waals surface area contributed by atoms with Crippen molar-refractivity contribution in [1.82, 2.24) is 90.6 Å². The summed E-state index contributed by atoms with van der Waals surface area (Å²) in [5.41, 5.74) is 27.6. The lowest BCUT2D eigenvalue weighted by atomic mass is 9.91. The second-order valence-corrected chi connectivity index (χ2v) is 39.6. The van der Waals surface area contributed by atoms with Gasteiger partial charge in [-0.15, -0.1) is 0 Å². The predicted molar refractivity (Wildman–Crippen MR) is 557 cm³/mol. The molecule has 0 spiro atoms. The Hall–Kier alpha value is -12.9. The van der Waals surface area contributed by atoms with Gasteiger partial charge in [-0.3, -0.25) is 30.6 Å². The number of benzene rings is 6. The number of aromatic nitrogens is 12. The maximum Gasteiger partial charge on any atom is 0.322 e. The molecule has 10 aliphatic rings. The molecule has 1 saturated heterocycles. The highest BCUT2D eigenvalue weighted by molar-refractivity contribution is 6.32. The molecule has 12 aromatic rings. The van der Waals surface area contributed by atoms with E-state index >= 15 is 0 Å². The molecule has 2 fully saturated rings. The lowest BCUT2D eigenvalue weighted by molar-refractivity contribution is 0.0841. The summed E-state index contributed by atoms with van der Waals surface area (Å²) in [5, 5.41) is 66.7. The number of halogens is 6. The van der Waals surface area contributed by atoms with Crippen LogP contribution in [0.1, 0.15) is 204 Å². The molecule has 32 nitrogen and oxygen atoms in total. The molecule has 14 heterocycles. The highest BCUT2D eigenvalue weighted by atomic mass is 35.5. The van der Waals surface area contributed by atoms with Crippen LogP contribution in [0.4, 0.5) is 62.9 Å². The predicted octanol–water partition coefficient (Wildman–Crippen LogP) is 23.0. The van der Waals surface area contributed by atoms with Crippen LogP contribution in [0, 0.1) is 0 Å². The van der Waals surface area contributed by atoms with E-state index in [0.29, 0.717) is 168 Å². The van der Waals surface area contributed by atoms with Gasteiger partial charge in [0.25, 0.3) is 0 Å². The smallest absolute Gasteiger partial charge is 0.322 e. The van der Waals surface area contributed by atoms with E-state index in [9.17, 15) is 28.8 Å². The maximum absolute atomic E-state index is 12.6. The van der Waals surface area contributed by atoms with Crippen LogP contribution in [0.3, 0.4) is 0 Å². The third kappa shape index (κ3) is 25.6. The van der Waals surface area contributed by atoms with Crippen molar-refractivity contribution >= 4 is 157 Å². The van der Waals surface area contributed by atoms with E-state index in [-0.39, 0.29) is 36.2 Å². The zero-order valence-corrected chi connectivity index (χ0v) is 84.0. The molecule has 6 aromatic carbocycles. The van der Waals surface area contributed by atoms with Crippen molar-refractivity contribution in [2.45, 2.75) is 181 Å². The Morgan fingerprint density at radius 2 is 0.662 bits per heavy atom. The third-order valence-electron chi connectivity index (χ3n) is 26.8. The number of anilines is 6. The van der Waals surface area contributed by atoms with E-state index in [4.69, 9.17) is 79.1 Å². The molecule has 2 aliphatic carbocycles. The van der Waals surface area contributed by atoms with Crippen LogP contribution >= 0.6 is 69.6 Å². The SMILES string of the molecule is C=C(C)c1n[nH]c2c1CN(C(=O)Nc1cccc(Cl)c1)CC2.CC(C)c1n[nH]c2c1CN(C(=O)Nc1cccc(Cl)c1)CC2.O=C(Nc1cccc(Cl)c1)N1CCc2[nH]nc(C3=CCCC3)c2C1.O=C(Nc1cccc(Cl)c1)N1CCc2[nH]nc(C3=CCOCC3)c2C1.O=C(Nc1cccc(Cl)c1)N1CCc2[nH]nc(C3CCCC3)c2C1.O=C(Nc1cccc(Cl)c1)N1CCc2[nH]nc(C3CCOCC3)c2C1. The number of carbonyl (C=O) groups excluding carboxylic acids is 6. The third-order valence-corrected chi connectivity index (χ3v) is 28.2. The number of hydrogen-bond acceptors (Lipinski definition) is 14. The number of carbonyl (C=O) groups is 6. The first kappa shape index (κ1) is 101. The summed E-state index contributed by atoms with van der Waals surface area (Å²) in [7, 11) is 0. The topological polar surface area (TPSA) is 385 Å². The van der Waals surface area contributed by atoms with E-state index in [1.165, 1.54) is 65.8 Å². The molecule has 22 rings (SSSR count). The van der Waals surface area contributed by atoms with Crippen LogP contribution in [-0.4, -0.2) is 192 Å². The summed E-state index contributed by atoms with van der Waals surface area (Å²) < 4.78 is 10.8. The van der Waals surface area contributed by atoms with Crippen molar-refractivity contribution in [3.8, 4) is 0 Å². The van der Waals surface area contributed by atoms with Gasteiger partial charge in [-0.05, 0) is 190 Å². The summed E-state index contributed by atoms with van der Waals surface area (Å²) in [6.07, 6.45) is 20.3. The first-order valence-corrected chi connectivity index (χ1v) is 50.6. The lowest BCUT2D eigenvalue weighted by Crippen LogP contribution is -2.39. The number of allylic oxidation sites excluding steroid dienone is 3. The largest absolute Gasteiger partial charge is 0.381 e. The molecule has 142 heavy (non-hydrogen) atoms. The molecule has 0 unspecified atom stereocenters.